The van der Waals surface area contributed by atoms with E-state index < -0.39 is 0 Å². The fraction of sp³-hybridized carbons (Fsp3) is 0.250. The number of nitrogens with zero attached hydrogens (tertiary/aromatic N) is 2. The summed E-state index contributed by atoms with van der Waals surface area (Å²) >= 11 is 1.62. The Balaban J connectivity index is 2.27. The van der Waals surface area contributed by atoms with Crippen LogP contribution in [0.25, 0.3) is 11.3 Å². The van der Waals surface area contributed by atoms with E-state index in [0.29, 0.717) is 0 Å². The van der Waals surface area contributed by atoms with E-state index in [1.54, 1.807) is 11.3 Å². The van der Waals surface area contributed by atoms with E-state index in [-0.39, 0.29) is 0 Å². The van der Waals surface area contributed by atoms with Gasteiger partial charge in [-0.3, -0.25) is 0 Å². The molecular weight excluding hydrogens is 218 g/mol. The second-order valence-corrected chi connectivity index (χ2v) is 4.59. The summed E-state index contributed by atoms with van der Waals surface area (Å²) in [5.41, 5.74) is 3.39. The van der Waals surface area contributed by atoms with Crippen LogP contribution in [0, 0.1) is 0 Å². The third-order valence-electron chi connectivity index (χ3n) is 2.40. The summed E-state index contributed by atoms with van der Waals surface area (Å²) in [4.78, 5) is 6.55. The van der Waals surface area contributed by atoms with E-state index >= 15 is 0 Å². The Bertz CT molecular complexity index is 459. The molecule has 2 rings (SSSR count). The first kappa shape index (κ1) is 11.0. The summed E-state index contributed by atoms with van der Waals surface area (Å²) in [6, 6.07) is 8.41. The van der Waals surface area contributed by atoms with E-state index in [1.807, 2.05) is 21.1 Å². The highest BCUT2D eigenvalue weighted by atomic mass is 32.1. The van der Waals surface area contributed by atoms with Gasteiger partial charge >= 0.3 is 0 Å². The maximum absolute atomic E-state index is 4.47. The van der Waals surface area contributed by atoms with Crippen LogP contribution in [-0.2, 0) is 0 Å². The van der Waals surface area contributed by atoms with Crippen LogP contribution in [0.4, 0.5) is 10.8 Å². The fourth-order valence-corrected chi connectivity index (χ4v) is 2.13. The van der Waals surface area contributed by atoms with Crippen molar-refractivity contribution < 1.29 is 0 Å². The van der Waals surface area contributed by atoms with E-state index in [1.165, 1.54) is 5.69 Å². The minimum absolute atomic E-state index is 0.951. The van der Waals surface area contributed by atoms with Gasteiger partial charge in [0.1, 0.15) is 0 Å². The van der Waals surface area contributed by atoms with Crippen molar-refractivity contribution in [2.24, 2.45) is 0 Å². The number of rotatable bonds is 3. The largest absolute Gasteiger partial charge is 0.378 e. The first-order valence-electron chi connectivity index (χ1n) is 5.12. The number of aromatic nitrogens is 1. The lowest BCUT2D eigenvalue weighted by Crippen LogP contribution is -2.07. The minimum atomic E-state index is 0.951. The van der Waals surface area contributed by atoms with E-state index in [4.69, 9.17) is 0 Å². The molecule has 0 fully saturated rings. The number of hydrogen-bond donors (Lipinski definition) is 1. The van der Waals surface area contributed by atoms with E-state index in [0.717, 1.165) is 16.4 Å². The average Bonchev–Trinajstić information content (AvgIpc) is 2.77. The van der Waals surface area contributed by atoms with Gasteiger partial charge in [0.2, 0.25) is 0 Å². The summed E-state index contributed by atoms with van der Waals surface area (Å²) in [6.07, 6.45) is 0. The van der Waals surface area contributed by atoms with Gasteiger partial charge in [-0.15, -0.1) is 11.3 Å². The summed E-state index contributed by atoms with van der Waals surface area (Å²) in [5.74, 6) is 0. The van der Waals surface area contributed by atoms with Crippen LogP contribution in [0.5, 0.6) is 0 Å². The third kappa shape index (κ3) is 2.17. The van der Waals surface area contributed by atoms with Crippen molar-refractivity contribution in [1.82, 2.24) is 4.98 Å². The number of nitrogens with one attached hydrogen (secondary N) is 1. The molecule has 2 aromatic rings. The van der Waals surface area contributed by atoms with Crippen LogP contribution in [0.1, 0.15) is 0 Å². The molecule has 0 amide bonds. The maximum Gasteiger partial charge on any atom is 0.182 e. The predicted octanol–water partition coefficient (Wildman–Crippen LogP) is 2.92. The third-order valence-corrected chi connectivity index (χ3v) is 3.26. The second-order valence-electron chi connectivity index (χ2n) is 3.73. The molecule has 0 aliphatic heterocycles. The van der Waals surface area contributed by atoms with Crippen molar-refractivity contribution in [3.63, 3.8) is 0 Å². The van der Waals surface area contributed by atoms with Gasteiger partial charge in [0.15, 0.2) is 5.13 Å². The van der Waals surface area contributed by atoms with Crippen LogP contribution in [0.15, 0.2) is 29.6 Å². The quantitative estimate of drug-likeness (QED) is 0.883. The molecule has 0 aliphatic carbocycles. The standard InChI is InChI=1S/C12H15N3S/c1-13-12-14-11(8-16-12)9-4-6-10(7-5-9)15(2)3/h4-8H,1-3H3,(H,13,14). The van der Waals surface area contributed by atoms with Crippen LogP contribution in [0.2, 0.25) is 0 Å². The molecule has 0 bridgehead atoms. The highest BCUT2D eigenvalue weighted by Crippen LogP contribution is 2.25. The molecule has 0 saturated carbocycles. The SMILES string of the molecule is CNc1nc(-c2ccc(N(C)C)cc2)cs1. The molecule has 1 N–H and O–H groups in total. The predicted molar refractivity (Wildman–Crippen MR) is 71.4 cm³/mol. The molecular formula is C12H15N3S. The molecule has 0 radical (unpaired) electrons. The molecule has 1 aromatic heterocycles. The fourth-order valence-electron chi connectivity index (χ4n) is 1.45. The molecule has 16 heavy (non-hydrogen) atoms. The lowest BCUT2D eigenvalue weighted by atomic mass is 10.1. The molecule has 3 nitrogen and oxygen atoms in total. The summed E-state index contributed by atoms with van der Waals surface area (Å²) in [5, 5.41) is 6.06. The summed E-state index contributed by atoms with van der Waals surface area (Å²) in [6.45, 7) is 0. The number of anilines is 2. The zero-order chi connectivity index (χ0) is 11.5. The van der Waals surface area contributed by atoms with Crippen molar-refractivity contribution in [2.75, 3.05) is 31.4 Å². The summed E-state index contributed by atoms with van der Waals surface area (Å²) in [7, 11) is 5.96. The Labute approximate surface area is 99.8 Å². The van der Waals surface area contributed by atoms with Crippen LogP contribution in [-0.4, -0.2) is 26.1 Å². The van der Waals surface area contributed by atoms with E-state index in [9.17, 15) is 0 Å². The molecule has 0 unspecified atom stereocenters. The zero-order valence-electron chi connectivity index (χ0n) is 9.69. The van der Waals surface area contributed by atoms with E-state index in [2.05, 4.69) is 44.8 Å². The Morgan fingerprint density at radius 1 is 1.19 bits per heavy atom. The van der Waals surface area contributed by atoms with Crippen LogP contribution in [0.3, 0.4) is 0 Å². The van der Waals surface area contributed by atoms with Gasteiger partial charge in [-0.1, -0.05) is 12.1 Å². The van der Waals surface area contributed by atoms with Crippen molar-refractivity contribution in [2.45, 2.75) is 0 Å². The lowest BCUT2D eigenvalue weighted by molar-refractivity contribution is 1.13. The van der Waals surface area contributed by atoms with Gasteiger partial charge in [-0.25, -0.2) is 4.98 Å². The average molecular weight is 233 g/mol. The Morgan fingerprint density at radius 3 is 2.38 bits per heavy atom. The van der Waals surface area contributed by atoms with Gasteiger partial charge in [0, 0.05) is 37.8 Å². The molecule has 84 valence electrons. The van der Waals surface area contributed by atoms with Gasteiger partial charge in [0.25, 0.3) is 0 Å². The summed E-state index contributed by atoms with van der Waals surface area (Å²) < 4.78 is 0. The van der Waals surface area contributed by atoms with Crippen LogP contribution < -0.4 is 10.2 Å². The van der Waals surface area contributed by atoms with Crippen molar-refractivity contribution in [3.05, 3.63) is 29.6 Å². The number of hydrogen-bond acceptors (Lipinski definition) is 4. The van der Waals surface area contributed by atoms with Gasteiger partial charge in [-0.05, 0) is 12.1 Å². The van der Waals surface area contributed by atoms with Gasteiger partial charge in [-0.2, -0.15) is 0 Å². The molecule has 0 saturated heterocycles. The maximum atomic E-state index is 4.47. The number of benzene rings is 1. The van der Waals surface area contributed by atoms with Gasteiger partial charge < -0.3 is 10.2 Å². The zero-order valence-corrected chi connectivity index (χ0v) is 10.5. The molecule has 0 spiro atoms. The van der Waals surface area contributed by atoms with Crippen molar-refractivity contribution in [3.8, 4) is 11.3 Å². The Hall–Kier alpha value is -1.55. The molecule has 4 heteroatoms. The normalized spacial score (nSPS) is 10.2. The first-order chi connectivity index (χ1) is 7.70. The first-order valence-corrected chi connectivity index (χ1v) is 5.99. The van der Waals surface area contributed by atoms with Crippen molar-refractivity contribution >= 4 is 22.2 Å². The highest BCUT2D eigenvalue weighted by molar-refractivity contribution is 7.14. The monoisotopic (exact) mass is 233 g/mol. The highest BCUT2D eigenvalue weighted by Gasteiger charge is 2.03. The molecule has 0 atom stereocenters. The topological polar surface area (TPSA) is 28.2 Å². The second kappa shape index (κ2) is 4.53. The molecule has 1 aromatic carbocycles. The Kier molecular flexibility index (Phi) is 3.10. The molecule has 1 heterocycles. The smallest absolute Gasteiger partial charge is 0.182 e. The van der Waals surface area contributed by atoms with Crippen molar-refractivity contribution in [1.29, 1.82) is 0 Å². The Morgan fingerprint density at radius 2 is 1.88 bits per heavy atom. The number of thiazole rings is 1. The lowest BCUT2D eigenvalue weighted by Gasteiger charge is -2.12. The van der Waals surface area contributed by atoms with Gasteiger partial charge in [0.05, 0.1) is 5.69 Å². The minimum Gasteiger partial charge on any atom is -0.378 e. The molecule has 0 aliphatic rings. The van der Waals surface area contributed by atoms with Crippen LogP contribution >= 0.6 is 11.3 Å².